The van der Waals surface area contributed by atoms with E-state index in [1.807, 2.05) is 11.9 Å². The fraction of sp³-hybridized carbons (Fsp3) is 0.875. The summed E-state index contributed by atoms with van der Waals surface area (Å²) in [6.07, 6.45) is 2.69. The van der Waals surface area contributed by atoms with Crippen molar-refractivity contribution in [3.05, 3.63) is 0 Å². The monoisotopic (exact) mass is 340 g/mol. The van der Waals surface area contributed by atoms with Crippen LogP contribution in [0.4, 0.5) is 0 Å². The van der Waals surface area contributed by atoms with Crippen molar-refractivity contribution >= 4 is 5.97 Å². The largest absolute Gasteiger partial charge is 0.465 e. The van der Waals surface area contributed by atoms with Crippen molar-refractivity contribution in [1.82, 2.24) is 15.3 Å². The van der Waals surface area contributed by atoms with Crippen molar-refractivity contribution in [3.63, 3.8) is 0 Å². The Kier molecular flexibility index (Phi) is 7.88. The van der Waals surface area contributed by atoms with Gasteiger partial charge in [0.1, 0.15) is 13.0 Å². The van der Waals surface area contributed by atoms with Crippen LogP contribution < -0.4 is 5.32 Å². The quantitative estimate of drug-likeness (QED) is 0.523. The van der Waals surface area contributed by atoms with Crippen molar-refractivity contribution in [2.75, 3.05) is 46.6 Å². The first-order valence-electron chi connectivity index (χ1n) is 8.65. The second-order valence-electron chi connectivity index (χ2n) is 6.11. The van der Waals surface area contributed by atoms with E-state index in [9.17, 15) is 10.1 Å². The third-order valence-electron chi connectivity index (χ3n) is 4.39. The number of hydroxylamine groups is 2. The first-order chi connectivity index (χ1) is 11.7. The molecule has 0 aromatic rings. The van der Waals surface area contributed by atoms with E-state index in [0.29, 0.717) is 19.9 Å². The maximum absolute atomic E-state index is 12.0. The van der Waals surface area contributed by atoms with Gasteiger partial charge in [-0.3, -0.25) is 14.5 Å². The lowest BCUT2D eigenvalue weighted by molar-refractivity contribution is -0.245. The van der Waals surface area contributed by atoms with Crippen LogP contribution >= 0.6 is 0 Å². The number of nitriles is 1. The van der Waals surface area contributed by atoms with Gasteiger partial charge in [-0.2, -0.15) is 10.3 Å². The normalized spacial score (nSPS) is 26.8. The van der Waals surface area contributed by atoms with Crippen LogP contribution in [-0.4, -0.2) is 74.8 Å². The van der Waals surface area contributed by atoms with Crippen LogP contribution in [0.2, 0.25) is 0 Å². The number of esters is 1. The van der Waals surface area contributed by atoms with Gasteiger partial charge in [-0.15, -0.1) is 0 Å². The molecule has 0 aromatic heterocycles. The second-order valence-corrected chi connectivity index (χ2v) is 6.11. The molecule has 0 aromatic carbocycles. The Bertz CT molecular complexity index is 436. The Labute approximate surface area is 143 Å². The minimum absolute atomic E-state index is 0.0289. The van der Waals surface area contributed by atoms with Gasteiger partial charge < -0.3 is 14.8 Å². The first-order valence-corrected chi connectivity index (χ1v) is 8.65. The molecule has 1 N–H and O–H groups in total. The number of carbonyl (C=O) groups is 1. The molecule has 0 bridgehead atoms. The number of hydrogen-bond acceptors (Lipinski definition) is 8. The Morgan fingerprint density at radius 1 is 1.54 bits per heavy atom. The van der Waals surface area contributed by atoms with Crippen LogP contribution in [0.3, 0.4) is 0 Å². The molecule has 3 unspecified atom stereocenters. The topological polar surface area (TPSA) is 87.1 Å². The van der Waals surface area contributed by atoms with E-state index in [1.54, 1.807) is 12.0 Å². The third kappa shape index (κ3) is 5.13. The van der Waals surface area contributed by atoms with E-state index >= 15 is 0 Å². The molecule has 2 aliphatic heterocycles. The lowest BCUT2D eigenvalue weighted by Gasteiger charge is -2.38. The summed E-state index contributed by atoms with van der Waals surface area (Å²) in [4.78, 5) is 19.9. The highest BCUT2D eigenvalue weighted by molar-refractivity contribution is 5.76. The van der Waals surface area contributed by atoms with Crippen molar-refractivity contribution < 1.29 is 19.1 Å². The summed E-state index contributed by atoms with van der Waals surface area (Å²) >= 11 is 0. The first kappa shape index (κ1) is 19.1. The van der Waals surface area contributed by atoms with Gasteiger partial charge in [-0.25, -0.2) is 0 Å². The predicted octanol–water partition coefficient (Wildman–Crippen LogP) is 0.311. The molecule has 8 heteroatoms. The molecule has 2 fully saturated rings. The Balaban J connectivity index is 1.90. The van der Waals surface area contributed by atoms with E-state index in [2.05, 4.69) is 11.4 Å². The third-order valence-corrected chi connectivity index (χ3v) is 4.39. The van der Waals surface area contributed by atoms with Gasteiger partial charge in [-0.1, -0.05) is 6.42 Å². The van der Waals surface area contributed by atoms with Crippen LogP contribution in [0.15, 0.2) is 0 Å². The molecular weight excluding hydrogens is 312 g/mol. The highest BCUT2D eigenvalue weighted by Gasteiger charge is 2.37. The highest BCUT2D eigenvalue weighted by Crippen LogP contribution is 2.24. The van der Waals surface area contributed by atoms with Crippen LogP contribution in [-0.2, 0) is 19.1 Å². The molecule has 136 valence electrons. The summed E-state index contributed by atoms with van der Waals surface area (Å²) in [5, 5.41) is 14.5. The van der Waals surface area contributed by atoms with Gasteiger partial charge in [0.15, 0.2) is 5.92 Å². The van der Waals surface area contributed by atoms with Gasteiger partial charge in [0.2, 0.25) is 0 Å². The molecule has 24 heavy (non-hydrogen) atoms. The zero-order valence-electron chi connectivity index (χ0n) is 14.6. The minimum atomic E-state index is -0.817. The van der Waals surface area contributed by atoms with Gasteiger partial charge in [0.25, 0.3) is 0 Å². The molecule has 0 spiro atoms. The zero-order chi connectivity index (χ0) is 17.4. The van der Waals surface area contributed by atoms with E-state index in [1.165, 1.54) is 0 Å². The van der Waals surface area contributed by atoms with Crippen molar-refractivity contribution in [2.24, 2.45) is 5.92 Å². The number of morpholine rings is 1. The smallest absolute Gasteiger partial charge is 0.325 e. The predicted molar refractivity (Wildman–Crippen MR) is 86.4 cm³/mol. The number of carbonyl (C=O) groups excluding carboxylic acids is 1. The van der Waals surface area contributed by atoms with Gasteiger partial charge in [0.05, 0.1) is 25.3 Å². The summed E-state index contributed by atoms with van der Waals surface area (Å²) in [5.74, 6) is -1.28. The summed E-state index contributed by atoms with van der Waals surface area (Å²) < 4.78 is 10.7. The number of piperidine rings is 1. The SMILES string of the molecule is CCOC(=O)C(C#N)C1CCCCN1OCN(C)C1CNCCO1. The molecule has 2 aliphatic rings. The van der Waals surface area contributed by atoms with Gasteiger partial charge in [0, 0.05) is 19.6 Å². The number of nitrogens with zero attached hydrogens (tertiary/aromatic N) is 3. The number of rotatable bonds is 7. The maximum Gasteiger partial charge on any atom is 0.325 e. The Morgan fingerprint density at radius 2 is 2.38 bits per heavy atom. The zero-order valence-corrected chi connectivity index (χ0v) is 14.6. The van der Waals surface area contributed by atoms with Crippen molar-refractivity contribution in [1.29, 1.82) is 5.26 Å². The summed E-state index contributed by atoms with van der Waals surface area (Å²) in [6, 6.07) is 1.83. The highest BCUT2D eigenvalue weighted by atomic mass is 16.7. The van der Waals surface area contributed by atoms with Crippen LogP contribution in [0.25, 0.3) is 0 Å². The summed E-state index contributed by atoms with van der Waals surface area (Å²) in [5.41, 5.74) is 0. The summed E-state index contributed by atoms with van der Waals surface area (Å²) in [7, 11) is 1.93. The number of hydrogen-bond donors (Lipinski definition) is 1. The standard InChI is InChI=1S/C16H28N4O4/c1-3-22-16(21)13(10-17)14-6-4-5-8-20(14)24-12-19(2)15-11-18-7-9-23-15/h13-15,18H,3-9,11-12H2,1-2H3. The average molecular weight is 340 g/mol. The molecule has 3 atom stereocenters. The van der Waals surface area contributed by atoms with Crippen molar-refractivity contribution in [3.8, 4) is 6.07 Å². The fourth-order valence-corrected chi connectivity index (χ4v) is 3.04. The van der Waals surface area contributed by atoms with E-state index in [4.69, 9.17) is 14.3 Å². The average Bonchev–Trinajstić information content (AvgIpc) is 2.62. The number of ether oxygens (including phenoxy) is 2. The number of likely N-dealkylation sites (N-methyl/N-ethyl adjacent to an activating group) is 1. The van der Waals surface area contributed by atoms with Crippen LogP contribution in [0.1, 0.15) is 26.2 Å². The lowest BCUT2D eigenvalue weighted by atomic mass is 9.93. The van der Waals surface area contributed by atoms with Crippen molar-refractivity contribution in [2.45, 2.75) is 38.5 Å². The van der Waals surface area contributed by atoms with E-state index in [-0.39, 0.29) is 18.9 Å². The molecular formula is C16H28N4O4. The number of nitrogens with one attached hydrogen (secondary N) is 1. The molecule has 2 saturated heterocycles. The van der Waals surface area contributed by atoms with E-state index in [0.717, 1.165) is 32.4 Å². The molecule has 8 nitrogen and oxygen atoms in total. The molecule has 0 radical (unpaired) electrons. The molecule has 2 heterocycles. The Hall–Kier alpha value is -1.24. The van der Waals surface area contributed by atoms with Crippen LogP contribution in [0.5, 0.6) is 0 Å². The lowest BCUT2D eigenvalue weighted by Crippen LogP contribution is -2.51. The molecule has 2 rings (SSSR count). The second kappa shape index (κ2) is 9.91. The fourth-order valence-electron chi connectivity index (χ4n) is 3.04. The Morgan fingerprint density at radius 3 is 3.04 bits per heavy atom. The molecule has 0 amide bonds. The molecule has 0 aliphatic carbocycles. The minimum Gasteiger partial charge on any atom is -0.465 e. The summed E-state index contributed by atoms with van der Waals surface area (Å²) in [6.45, 7) is 5.38. The maximum atomic E-state index is 12.0. The van der Waals surface area contributed by atoms with Crippen LogP contribution in [0, 0.1) is 17.2 Å². The van der Waals surface area contributed by atoms with E-state index < -0.39 is 11.9 Å². The van der Waals surface area contributed by atoms with Gasteiger partial charge in [-0.05, 0) is 26.8 Å². The molecule has 0 saturated carbocycles. The van der Waals surface area contributed by atoms with Gasteiger partial charge >= 0.3 is 5.97 Å².